The quantitative estimate of drug-likeness (QED) is 0.164. The van der Waals surface area contributed by atoms with E-state index in [9.17, 15) is 0 Å². The van der Waals surface area contributed by atoms with Crippen molar-refractivity contribution in [1.29, 1.82) is 0 Å². The normalized spacial score (nSPS) is 11.6. The smallest absolute Gasteiger partial charge is 0.165 e. The summed E-state index contributed by atoms with van der Waals surface area (Å²) in [5, 5.41) is 3.55. The van der Waals surface area contributed by atoms with Crippen LogP contribution in [0.2, 0.25) is 0 Å². The van der Waals surface area contributed by atoms with Gasteiger partial charge in [-0.05, 0) is 84.9 Å². The number of nitrogens with zero attached hydrogens (tertiary/aromatic N) is 5. The van der Waals surface area contributed by atoms with E-state index in [1.165, 1.54) is 10.8 Å². The van der Waals surface area contributed by atoms with Crippen molar-refractivity contribution >= 4 is 60.9 Å². The van der Waals surface area contributed by atoms with Gasteiger partial charge >= 0.3 is 0 Å². The van der Waals surface area contributed by atoms with E-state index in [1.54, 1.807) is 0 Å². The van der Waals surface area contributed by atoms with Gasteiger partial charge in [-0.2, -0.15) is 0 Å². The zero-order chi connectivity index (χ0) is 37.0. The molecule has 0 atom stereocenters. The summed E-state index contributed by atoms with van der Waals surface area (Å²) in [7, 11) is 0. The minimum absolute atomic E-state index is 0.902. The van der Waals surface area contributed by atoms with Crippen LogP contribution in [-0.4, -0.2) is 18.7 Å². The molecule has 11 rings (SSSR count). The fourth-order valence-electron chi connectivity index (χ4n) is 8.44. The number of hydrogen-bond acceptors (Lipinski definition) is 2. The summed E-state index contributed by atoms with van der Waals surface area (Å²) in [5.41, 5.74) is 13.0. The van der Waals surface area contributed by atoms with Crippen molar-refractivity contribution in [2.45, 2.75) is 0 Å². The third-order valence-electron chi connectivity index (χ3n) is 10.8. The first-order valence-corrected chi connectivity index (χ1v) is 19.0. The summed E-state index contributed by atoms with van der Waals surface area (Å²) < 4.78 is 7.14. The highest BCUT2D eigenvalue weighted by Crippen LogP contribution is 2.44. The lowest BCUT2D eigenvalue weighted by Gasteiger charge is -2.25. The van der Waals surface area contributed by atoms with Crippen LogP contribution in [0.4, 0.5) is 17.1 Å². The minimum Gasteiger partial charge on any atom is -0.311 e. The van der Waals surface area contributed by atoms with E-state index in [0.717, 1.165) is 78.6 Å². The summed E-state index contributed by atoms with van der Waals surface area (Å²) in [6, 6.07) is 75.3. The molecule has 0 aliphatic heterocycles. The second kappa shape index (κ2) is 13.0. The van der Waals surface area contributed by atoms with Crippen LogP contribution >= 0.6 is 0 Å². The molecule has 0 spiro atoms. The SMILES string of the molecule is c1ccc(-c2nc3c(c4c(ccc5c6ccccc6n(-c6ccc(N(c7ccccc7)c7ccccc7)cc6)c54)n3-c3ccccc3)n2-c2ccccc2)cc1. The summed E-state index contributed by atoms with van der Waals surface area (Å²) >= 11 is 0. The van der Waals surface area contributed by atoms with E-state index >= 15 is 0 Å². The predicted octanol–water partition coefficient (Wildman–Crippen LogP) is 13.2. The second-order valence-electron chi connectivity index (χ2n) is 14.0. The first-order valence-electron chi connectivity index (χ1n) is 19.0. The monoisotopic (exact) mass is 717 g/mol. The Hall–Kier alpha value is -7.63. The molecule has 0 radical (unpaired) electrons. The van der Waals surface area contributed by atoms with Crippen LogP contribution in [0.3, 0.4) is 0 Å². The van der Waals surface area contributed by atoms with Gasteiger partial charge in [0.2, 0.25) is 0 Å². The largest absolute Gasteiger partial charge is 0.311 e. The lowest BCUT2D eigenvalue weighted by atomic mass is 10.1. The Bertz CT molecular complexity index is 3110. The predicted molar refractivity (Wildman–Crippen MR) is 232 cm³/mol. The molecular formula is C51H35N5. The standard InChI is InChI=1S/C51H35N5/c1-6-18-36(19-7-1)50-52-51-49(56(50)40-26-14-5-15-27-40)47-46(55(51)39-24-12-4-13-25-39)35-34-44-43-28-16-17-29-45(43)54(48(44)47)42-32-30-41(31-33-42)53(37-20-8-2-9-21-37)38-22-10-3-11-23-38/h1-35H. The lowest BCUT2D eigenvalue weighted by molar-refractivity contribution is 1.10. The molecular weight excluding hydrogens is 683 g/mol. The molecule has 5 nitrogen and oxygen atoms in total. The van der Waals surface area contributed by atoms with Crippen LogP contribution in [-0.2, 0) is 0 Å². The highest BCUT2D eigenvalue weighted by atomic mass is 15.2. The fraction of sp³-hybridized carbons (Fsp3) is 0. The van der Waals surface area contributed by atoms with Crippen molar-refractivity contribution < 1.29 is 0 Å². The Morgan fingerprint density at radius 2 is 0.839 bits per heavy atom. The number of fused-ring (bicyclic) bond motifs is 7. The molecule has 8 aromatic carbocycles. The highest BCUT2D eigenvalue weighted by Gasteiger charge is 2.27. The Morgan fingerprint density at radius 1 is 0.339 bits per heavy atom. The van der Waals surface area contributed by atoms with Crippen molar-refractivity contribution in [2.24, 2.45) is 0 Å². The van der Waals surface area contributed by atoms with E-state index in [4.69, 9.17) is 4.98 Å². The molecule has 56 heavy (non-hydrogen) atoms. The zero-order valence-corrected chi connectivity index (χ0v) is 30.4. The van der Waals surface area contributed by atoms with Crippen LogP contribution in [0.25, 0.3) is 72.3 Å². The maximum Gasteiger partial charge on any atom is 0.165 e. The molecule has 0 N–H and O–H groups in total. The molecule has 5 heteroatoms. The molecule has 0 aliphatic rings. The van der Waals surface area contributed by atoms with Crippen molar-refractivity contribution in [1.82, 2.24) is 18.7 Å². The molecule has 0 saturated heterocycles. The van der Waals surface area contributed by atoms with E-state index in [2.05, 4.69) is 231 Å². The lowest BCUT2D eigenvalue weighted by Crippen LogP contribution is -2.09. The van der Waals surface area contributed by atoms with E-state index in [-0.39, 0.29) is 0 Å². The fourth-order valence-corrected chi connectivity index (χ4v) is 8.44. The third kappa shape index (κ3) is 4.99. The van der Waals surface area contributed by atoms with Crippen LogP contribution in [0.1, 0.15) is 0 Å². The molecule has 11 aromatic rings. The van der Waals surface area contributed by atoms with Crippen molar-refractivity contribution in [2.75, 3.05) is 4.90 Å². The summed E-state index contributed by atoms with van der Waals surface area (Å²) in [6.45, 7) is 0. The second-order valence-corrected chi connectivity index (χ2v) is 14.0. The van der Waals surface area contributed by atoms with Gasteiger partial charge in [-0.25, -0.2) is 4.98 Å². The summed E-state index contributed by atoms with van der Waals surface area (Å²) in [5.74, 6) is 0.902. The van der Waals surface area contributed by atoms with Gasteiger partial charge in [-0.1, -0.05) is 127 Å². The van der Waals surface area contributed by atoms with Crippen molar-refractivity contribution in [3.63, 3.8) is 0 Å². The maximum atomic E-state index is 5.54. The molecule has 0 aliphatic carbocycles. The first kappa shape index (κ1) is 31.9. The molecule has 0 fully saturated rings. The van der Waals surface area contributed by atoms with Crippen LogP contribution in [0.15, 0.2) is 212 Å². The number of rotatable bonds is 7. The van der Waals surface area contributed by atoms with Gasteiger partial charge in [0.15, 0.2) is 5.65 Å². The highest BCUT2D eigenvalue weighted by molar-refractivity contribution is 6.25. The molecule has 3 heterocycles. The molecule has 264 valence electrons. The number of aromatic nitrogens is 4. The average Bonchev–Trinajstić information content (AvgIpc) is 3.93. The van der Waals surface area contributed by atoms with Crippen molar-refractivity contribution in [3.8, 4) is 28.5 Å². The van der Waals surface area contributed by atoms with Gasteiger partial charge < -0.3 is 9.47 Å². The number of imidazole rings is 1. The van der Waals surface area contributed by atoms with E-state index in [0.29, 0.717) is 0 Å². The first-order chi connectivity index (χ1) is 27.8. The van der Waals surface area contributed by atoms with E-state index in [1.807, 2.05) is 0 Å². The third-order valence-corrected chi connectivity index (χ3v) is 10.8. The molecule has 0 unspecified atom stereocenters. The Labute approximate surface area is 324 Å². The van der Waals surface area contributed by atoms with E-state index < -0.39 is 0 Å². The van der Waals surface area contributed by atoms with Gasteiger partial charge in [0.05, 0.1) is 21.9 Å². The zero-order valence-electron chi connectivity index (χ0n) is 30.4. The number of benzene rings is 8. The molecule has 3 aromatic heterocycles. The summed E-state index contributed by atoms with van der Waals surface area (Å²) in [6.07, 6.45) is 0. The van der Waals surface area contributed by atoms with Crippen LogP contribution in [0.5, 0.6) is 0 Å². The molecule has 0 bridgehead atoms. The topological polar surface area (TPSA) is 30.9 Å². The average molecular weight is 718 g/mol. The van der Waals surface area contributed by atoms with Crippen LogP contribution < -0.4 is 4.90 Å². The molecule has 0 amide bonds. The Kier molecular flexibility index (Phi) is 7.42. The van der Waals surface area contributed by atoms with Gasteiger partial charge in [0, 0.05) is 50.5 Å². The van der Waals surface area contributed by atoms with Gasteiger partial charge in [-0.15, -0.1) is 0 Å². The number of anilines is 3. The number of para-hydroxylation sites is 5. The molecule has 0 saturated carbocycles. The van der Waals surface area contributed by atoms with Gasteiger partial charge in [0.1, 0.15) is 11.3 Å². The number of hydrogen-bond donors (Lipinski definition) is 0. The van der Waals surface area contributed by atoms with Gasteiger partial charge in [-0.3, -0.25) is 9.13 Å². The van der Waals surface area contributed by atoms with Crippen LogP contribution in [0, 0.1) is 0 Å². The minimum atomic E-state index is 0.902. The Morgan fingerprint density at radius 3 is 1.46 bits per heavy atom. The van der Waals surface area contributed by atoms with Gasteiger partial charge in [0.25, 0.3) is 0 Å². The van der Waals surface area contributed by atoms with Crippen molar-refractivity contribution in [3.05, 3.63) is 212 Å². The Balaban J connectivity index is 1.25. The summed E-state index contributed by atoms with van der Waals surface area (Å²) in [4.78, 5) is 7.84. The maximum absolute atomic E-state index is 5.54.